The Balaban J connectivity index is 1.41. The molecule has 2 aromatic carbocycles. The summed E-state index contributed by atoms with van der Waals surface area (Å²) >= 11 is 0. The number of nitrogens with one attached hydrogen (secondary N) is 4. The van der Waals surface area contributed by atoms with Gasteiger partial charge < -0.3 is 4.98 Å². The zero-order valence-corrected chi connectivity index (χ0v) is 15.6. The van der Waals surface area contributed by atoms with Crippen molar-refractivity contribution in [3.05, 3.63) is 60.4 Å². The summed E-state index contributed by atoms with van der Waals surface area (Å²) in [6.07, 6.45) is -0.160. The number of aromatic amines is 1. The molecular weight excluding hydrogens is 382 g/mol. The molecule has 10 heteroatoms. The Hall–Kier alpha value is -3.24. The number of nitrogens with zero attached hydrogens (tertiary/aromatic N) is 1. The van der Waals surface area contributed by atoms with Crippen LogP contribution in [0.3, 0.4) is 0 Å². The molecule has 0 aliphatic rings. The van der Waals surface area contributed by atoms with Gasteiger partial charge in [0.25, 0.3) is 0 Å². The van der Waals surface area contributed by atoms with Crippen molar-refractivity contribution in [2.24, 2.45) is 0 Å². The first-order chi connectivity index (χ1) is 13.4. The van der Waals surface area contributed by atoms with Crippen molar-refractivity contribution in [3.63, 3.8) is 0 Å². The molecule has 0 spiro atoms. The molecule has 0 saturated carbocycles. The molecule has 9 nitrogen and oxygen atoms in total. The highest BCUT2D eigenvalue weighted by Crippen LogP contribution is 2.10. The largest absolute Gasteiger partial charge is 0.342 e. The number of carbonyl (C=O) groups is 2. The second-order valence-corrected chi connectivity index (χ2v) is 7.70. The molecule has 146 valence electrons. The minimum atomic E-state index is -3.67. The van der Waals surface area contributed by atoms with E-state index in [1.807, 2.05) is 24.3 Å². The smallest absolute Gasteiger partial charge is 0.245 e. The van der Waals surface area contributed by atoms with Crippen molar-refractivity contribution in [2.75, 3.05) is 6.54 Å². The Labute approximate surface area is 161 Å². The van der Waals surface area contributed by atoms with Crippen molar-refractivity contribution in [2.45, 2.75) is 17.7 Å². The molecule has 28 heavy (non-hydrogen) atoms. The van der Waals surface area contributed by atoms with Crippen molar-refractivity contribution in [3.8, 4) is 0 Å². The number of H-pyrrole nitrogens is 1. The van der Waals surface area contributed by atoms with Crippen molar-refractivity contribution >= 4 is 32.9 Å². The number of fused-ring (bicyclic) bond motifs is 1. The van der Waals surface area contributed by atoms with Crippen molar-refractivity contribution in [1.29, 1.82) is 0 Å². The maximum Gasteiger partial charge on any atom is 0.245 e. The molecule has 4 N–H and O–H groups in total. The molecule has 3 rings (SSSR count). The molecule has 3 aromatic rings. The molecule has 0 atom stereocenters. The fourth-order valence-corrected chi connectivity index (χ4v) is 3.52. The average Bonchev–Trinajstić information content (AvgIpc) is 3.09. The van der Waals surface area contributed by atoms with Gasteiger partial charge in [0.1, 0.15) is 5.82 Å². The summed E-state index contributed by atoms with van der Waals surface area (Å²) in [7, 11) is -3.67. The van der Waals surface area contributed by atoms with Crippen LogP contribution >= 0.6 is 0 Å². The summed E-state index contributed by atoms with van der Waals surface area (Å²) in [5, 5.41) is 0. The van der Waals surface area contributed by atoms with E-state index in [4.69, 9.17) is 0 Å². The van der Waals surface area contributed by atoms with E-state index in [0.29, 0.717) is 5.82 Å². The lowest BCUT2D eigenvalue weighted by Gasteiger charge is -2.08. The third-order valence-corrected chi connectivity index (χ3v) is 5.28. The molecule has 0 radical (unpaired) electrons. The highest BCUT2D eigenvalue weighted by atomic mass is 32.2. The Bertz CT molecular complexity index is 1050. The van der Waals surface area contributed by atoms with Gasteiger partial charge in [-0.3, -0.25) is 20.4 Å². The second-order valence-electron chi connectivity index (χ2n) is 5.93. The Morgan fingerprint density at radius 2 is 1.61 bits per heavy atom. The summed E-state index contributed by atoms with van der Waals surface area (Å²) in [5.41, 5.74) is 6.10. The van der Waals surface area contributed by atoms with Gasteiger partial charge in [0.2, 0.25) is 21.8 Å². The maximum absolute atomic E-state index is 12.0. The molecular formula is C18H19N5O4S. The average molecular weight is 401 g/mol. The van der Waals surface area contributed by atoms with Crippen LogP contribution in [-0.4, -0.2) is 36.7 Å². The van der Waals surface area contributed by atoms with E-state index in [1.54, 1.807) is 18.2 Å². The predicted molar refractivity (Wildman–Crippen MR) is 102 cm³/mol. The van der Waals surface area contributed by atoms with Gasteiger partial charge >= 0.3 is 0 Å². The number of hydrazine groups is 1. The monoisotopic (exact) mass is 401 g/mol. The number of para-hydroxylation sites is 2. The first-order valence-electron chi connectivity index (χ1n) is 8.50. The fraction of sp³-hybridized carbons (Fsp3) is 0.167. The van der Waals surface area contributed by atoms with E-state index in [9.17, 15) is 18.0 Å². The lowest BCUT2D eigenvalue weighted by atomic mass is 10.3. The Morgan fingerprint density at radius 1 is 0.929 bits per heavy atom. The first-order valence-corrected chi connectivity index (χ1v) is 9.98. The van der Waals surface area contributed by atoms with Crippen LogP contribution in [0.15, 0.2) is 59.5 Å². The number of sulfonamides is 1. The number of aromatic nitrogens is 2. The van der Waals surface area contributed by atoms with E-state index in [0.717, 1.165) is 11.0 Å². The number of carbonyl (C=O) groups excluding carboxylic acids is 2. The number of benzene rings is 2. The molecule has 0 aliphatic heterocycles. The van der Waals surface area contributed by atoms with Gasteiger partial charge in [-0.25, -0.2) is 18.1 Å². The fourth-order valence-electron chi connectivity index (χ4n) is 2.47. The van der Waals surface area contributed by atoms with Crippen LogP contribution in [0.1, 0.15) is 12.2 Å². The van der Waals surface area contributed by atoms with E-state index in [-0.39, 0.29) is 24.3 Å². The molecule has 0 unspecified atom stereocenters. The highest BCUT2D eigenvalue weighted by Gasteiger charge is 2.14. The summed E-state index contributed by atoms with van der Waals surface area (Å²) in [6, 6.07) is 15.2. The summed E-state index contributed by atoms with van der Waals surface area (Å²) in [5.74, 6) is -0.491. The van der Waals surface area contributed by atoms with Gasteiger partial charge in [-0.05, 0) is 24.3 Å². The highest BCUT2D eigenvalue weighted by molar-refractivity contribution is 7.89. The summed E-state index contributed by atoms with van der Waals surface area (Å²) in [4.78, 5) is 31.1. The van der Waals surface area contributed by atoms with Gasteiger partial charge in [-0.2, -0.15) is 0 Å². The van der Waals surface area contributed by atoms with E-state index < -0.39 is 21.8 Å². The van der Waals surface area contributed by atoms with Gasteiger partial charge in [0, 0.05) is 13.0 Å². The van der Waals surface area contributed by atoms with Crippen LogP contribution in [0.4, 0.5) is 0 Å². The maximum atomic E-state index is 12.0. The van der Waals surface area contributed by atoms with Gasteiger partial charge in [0.15, 0.2) is 0 Å². The zero-order chi connectivity index (χ0) is 20.0. The molecule has 0 aliphatic carbocycles. The number of amides is 2. The van der Waals surface area contributed by atoms with Crippen molar-refractivity contribution < 1.29 is 18.0 Å². The number of rotatable bonds is 7. The van der Waals surface area contributed by atoms with E-state index in [2.05, 4.69) is 25.5 Å². The summed E-state index contributed by atoms with van der Waals surface area (Å²) in [6.45, 7) is -0.0947. The van der Waals surface area contributed by atoms with Crippen molar-refractivity contribution in [1.82, 2.24) is 25.5 Å². The summed E-state index contributed by atoms with van der Waals surface area (Å²) < 4.78 is 26.4. The predicted octanol–water partition coefficient (Wildman–Crippen LogP) is 0.621. The topological polar surface area (TPSA) is 133 Å². The minimum Gasteiger partial charge on any atom is -0.342 e. The molecule has 0 bridgehead atoms. The molecule has 1 aromatic heterocycles. The molecule has 0 saturated heterocycles. The Kier molecular flexibility index (Phi) is 6.02. The lowest BCUT2D eigenvalue weighted by Crippen LogP contribution is -2.43. The van der Waals surface area contributed by atoms with Gasteiger partial charge in [0.05, 0.1) is 22.3 Å². The SMILES string of the molecule is O=C(CCNS(=O)(=O)c1ccccc1)NNC(=O)Cc1nc2ccccc2[nH]1. The second kappa shape index (κ2) is 8.63. The van der Waals surface area contributed by atoms with Gasteiger partial charge in [-0.1, -0.05) is 30.3 Å². The van der Waals surface area contributed by atoms with E-state index >= 15 is 0 Å². The number of imidazole rings is 1. The Morgan fingerprint density at radius 3 is 2.36 bits per heavy atom. The van der Waals surface area contributed by atoms with Crippen LogP contribution < -0.4 is 15.6 Å². The molecule has 0 fully saturated rings. The lowest BCUT2D eigenvalue weighted by molar-refractivity contribution is -0.128. The van der Waals surface area contributed by atoms with E-state index in [1.165, 1.54) is 12.1 Å². The third-order valence-electron chi connectivity index (χ3n) is 3.81. The third kappa shape index (κ3) is 5.15. The first kappa shape index (κ1) is 19.5. The number of hydrogen-bond donors (Lipinski definition) is 4. The zero-order valence-electron chi connectivity index (χ0n) is 14.8. The van der Waals surface area contributed by atoms with Crippen LogP contribution in [0.25, 0.3) is 11.0 Å². The van der Waals surface area contributed by atoms with Crippen LogP contribution in [0.2, 0.25) is 0 Å². The quantitative estimate of drug-likeness (QED) is 0.431. The van der Waals surface area contributed by atoms with Gasteiger partial charge in [-0.15, -0.1) is 0 Å². The minimum absolute atomic E-state index is 0.0321. The van der Waals surface area contributed by atoms with Crippen LogP contribution in [0, 0.1) is 0 Å². The molecule has 1 heterocycles. The standard InChI is InChI=1S/C18H19N5O4S/c24-17(10-11-19-28(26,27)13-6-2-1-3-7-13)22-23-18(25)12-16-20-14-8-4-5-9-15(14)21-16/h1-9,19H,10-12H2,(H,20,21)(H,22,24)(H,23,25). The van der Waals surface area contributed by atoms with Crippen LogP contribution in [-0.2, 0) is 26.0 Å². The molecule has 2 amide bonds. The normalized spacial score (nSPS) is 11.3. The van der Waals surface area contributed by atoms with Crippen LogP contribution in [0.5, 0.6) is 0 Å². The number of hydrogen-bond acceptors (Lipinski definition) is 5.